The molecule has 0 aliphatic heterocycles. The Hall–Kier alpha value is -3.72. The zero-order valence-corrected chi connectivity index (χ0v) is 23.8. The van der Waals surface area contributed by atoms with Crippen LogP contribution in [0.25, 0.3) is 0 Å². The normalized spacial score (nSPS) is 38.7. The van der Waals surface area contributed by atoms with Gasteiger partial charge in [0.05, 0.1) is 34.4 Å². The standard InChI is InChI=1S/C32H32O9/c1-15(25(33)37-3)29-21-17-11-7-8-12-18(17)23-24-20-14-10-9-13-19(20)22(21)30(29,27(35)39-5)32(24,31(23,29)28(36)40-6)41-16(2)26(34)38-4/h7-16,21-24H,1-6H3/t15-,16+,21+,22-,23-,24+,29+,30+,31-,32-/m1/s1. The molecule has 214 valence electrons. The molecule has 0 unspecified atom stereocenters. The highest BCUT2D eigenvalue weighted by Gasteiger charge is 3.13. The number of hydrogen-bond donors (Lipinski definition) is 0. The summed E-state index contributed by atoms with van der Waals surface area (Å²) in [5.74, 6) is -5.21. The quantitative estimate of drug-likeness (QED) is 0.372. The van der Waals surface area contributed by atoms with Crippen LogP contribution in [0.2, 0.25) is 0 Å². The SMILES string of the molecule is COC(=O)[C@H](C)O[C@@]12[C@H]3c4ccccc4[C@@H]4[C@@H]5c6ccccc6[C@H]3[C@@]1(C(=O)OC)[C@]5([C@H](C)C(=O)OC)[C@@]42C(=O)OC. The Labute approximate surface area is 237 Å². The van der Waals surface area contributed by atoms with E-state index >= 15 is 0 Å². The maximum absolute atomic E-state index is 14.5. The fourth-order valence-electron chi connectivity index (χ4n) is 11.0. The van der Waals surface area contributed by atoms with Gasteiger partial charge in [-0.15, -0.1) is 0 Å². The summed E-state index contributed by atoms with van der Waals surface area (Å²) < 4.78 is 28.4. The summed E-state index contributed by atoms with van der Waals surface area (Å²) >= 11 is 0. The number of hydrogen-bond acceptors (Lipinski definition) is 9. The van der Waals surface area contributed by atoms with E-state index in [1.54, 1.807) is 13.8 Å². The molecule has 2 aromatic rings. The molecule has 0 radical (unpaired) electrons. The van der Waals surface area contributed by atoms with Crippen LogP contribution in [-0.4, -0.2) is 64.0 Å². The van der Waals surface area contributed by atoms with E-state index < -0.39 is 81.4 Å². The van der Waals surface area contributed by atoms with Gasteiger partial charge in [0, 0.05) is 29.1 Å². The van der Waals surface area contributed by atoms with Crippen LogP contribution in [0.1, 0.15) is 59.8 Å². The van der Waals surface area contributed by atoms with Gasteiger partial charge in [-0.3, -0.25) is 14.4 Å². The van der Waals surface area contributed by atoms with E-state index in [0.29, 0.717) is 0 Å². The maximum atomic E-state index is 14.5. The van der Waals surface area contributed by atoms with Crippen molar-refractivity contribution < 1.29 is 42.9 Å². The zero-order valence-electron chi connectivity index (χ0n) is 23.8. The summed E-state index contributed by atoms with van der Waals surface area (Å²) in [5, 5.41) is 0. The lowest BCUT2D eigenvalue weighted by atomic mass is 9.01. The minimum absolute atomic E-state index is 0.435. The second-order valence-corrected chi connectivity index (χ2v) is 11.9. The van der Waals surface area contributed by atoms with Gasteiger partial charge in [0.15, 0.2) is 6.10 Å². The maximum Gasteiger partial charge on any atom is 0.334 e. The molecule has 5 aliphatic carbocycles. The Morgan fingerprint density at radius 3 is 1.46 bits per heavy atom. The number of rotatable bonds is 7. The van der Waals surface area contributed by atoms with Crippen molar-refractivity contribution in [2.45, 2.75) is 49.2 Å². The largest absolute Gasteiger partial charge is 0.469 e. The number of esters is 4. The van der Waals surface area contributed by atoms with Gasteiger partial charge in [-0.25, -0.2) is 4.79 Å². The first-order valence-electron chi connectivity index (χ1n) is 13.9. The van der Waals surface area contributed by atoms with Gasteiger partial charge in [-0.1, -0.05) is 55.5 Å². The first-order valence-corrected chi connectivity index (χ1v) is 13.9. The Morgan fingerprint density at radius 2 is 1.02 bits per heavy atom. The smallest absolute Gasteiger partial charge is 0.334 e. The van der Waals surface area contributed by atoms with Gasteiger partial charge in [0.25, 0.3) is 0 Å². The van der Waals surface area contributed by atoms with E-state index in [-0.39, 0.29) is 0 Å². The number of ether oxygens (including phenoxy) is 5. The van der Waals surface area contributed by atoms with E-state index in [1.807, 2.05) is 48.5 Å². The number of benzene rings is 2. The molecule has 7 rings (SSSR count). The second-order valence-electron chi connectivity index (χ2n) is 11.9. The predicted octanol–water partition coefficient (Wildman–Crippen LogP) is 3.22. The molecule has 41 heavy (non-hydrogen) atoms. The second kappa shape index (κ2) is 7.97. The average Bonchev–Trinajstić information content (AvgIpc) is 2.97. The molecule has 3 fully saturated rings. The number of carbonyl (C=O) groups excluding carboxylic acids is 4. The van der Waals surface area contributed by atoms with E-state index in [2.05, 4.69) is 0 Å². The number of carbonyl (C=O) groups is 4. The molecular weight excluding hydrogens is 528 g/mol. The summed E-state index contributed by atoms with van der Waals surface area (Å²) in [5.41, 5.74) is -1.98. The van der Waals surface area contributed by atoms with E-state index in [4.69, 9.17) is 23.7 Å². The van der Waals surface area contributed by atoms with Crippen molar-refractivity contribution in [1.82, 2.24) is 0 Å². The number of fused-ring (bicyclic) bond motifs is 8. The Morgan fingerprint density at radius 1 is 0.610 bits per heavy atom. The Balaban J connectivity index is 1.67. The van der Waals surface area contributed by atoms with E-state index in [9.17, 15) is 19.2 Å². The van der Waals surface area contributed by atoms with Gasteiger partial charge in [0.1, 0.15) is 16.4 Å². The molecule has 0 aromatic heterocycles. The van der Waals surface area contributed by atoms with E-state index in [1.165, 1.54) is 28.4 Å². The molecule has 9 nitrogen and oxygen atoms in total. The summed E-state index contributed by atoms with van der Waals surface area (Å²) in [4.78, 5) is 55.5. The fraction of sp³-hybridized carbons (Fsp3) is 0.500. The van der Waals surface area contributed by atoms with Crippen LogP contribution in [-0.2, 0) is 42.9 Å². The fourth-order valence-corrected chi connectivity index (χ4v) is 11.0. The van der Waals surface area contributed by atoms with E-state index in [0.717, 1.165) is 22.3 Å². The summed E-state index contributed by atoms with van der Waals surface area (Å²) in [6.07, 6.45) is -1.12. The van der Waals surface area contributed by atoms with Gasteiger partial charge in [-0.2, -0.15) is 0 Å². The number of methoxy groups -OCH3 is 4. The van der Waals surface area contributed by atoms with Crippen molar-refractivity contribution in [1.29, 1.82) is 0 Å². The Bertz CT molecular complexity index is 1520. The van der Waals surface area contributed by atoms with Crippen molar-refractivity contribution in [2.24, 2.45) is 22.2 Å². The molecule has 0 heterocycles. The third kappa shape index (κ3) is 2.14. The lowest BCUT2D eigenvalue weighted by Crippen LogP contribution is -3.06. The third-order valence-electron chi connectivity index (χ3n) is 11.5. The monoisotopic (exact) mass is 560 g/mol. The highest BCUT2D eigenvalue weighted by atomic mass is 16.6. The summed E-state index contributed by atoms with van der Waals surface area (Å²) in [7, 11) is 5.18. The average molecular weight is 561 g/mol. The lowest BCUT2D eigenvalue weighted by molar-refractivity contribution is -0.507. The molecule has 10 atom stereocenters. The van der Waals surface area contributed by atoms with Crippen molar-refractivity contribution in [3.63, 3.8) is 0 Å². The Kier molecular flexibility index (Phi) is 5.09. The molecule has 0 amide bonds. The molecule has 5 aliphatic rings. The molecule has 0 N–H and O–H groups in total. The predicted molar refractivity (Wildman–Crippen MR) is 142 cm³/mol. The van der Waals surface area contributed by atoms with Crippen LogP contribution in [0.3, 0.4) is 0 Å². The van der Waals surface area contributed by atoms with Crippen LogP contribution in [0.5, 0.6) is 0 Å². The van der Waals surface area contributed by atoms with Crippen LogP contribution >= 0.6 is 0 Å². The molecule has 9 heteroatoms. The summed E-state index contributed by atoms with van der Waals surface area (Å²) in [6.45, 7) is 3.27. The first kappa shape index (κ1) is 26.2. The minimum Gasteiger partial charge on any atom is -0.469 e. The summed E-state index contributed by atoms with van der Waals surface area (Å²) in [6, 6.07) is 15.8. The van der Waals surface area contributed by atoms with Crippen molar-refractivity contribution >= 4 is 23.9 Å². The molecule has 2 aromatic carbocycles. The van der Waals surface area contributed by atoms with Gasteiger partial charge in [0.2, 0.25) is 0 Å². The zero-order chi connectivity index (χ0) is 29.3. The highest BCUT2D eigenvalue weighted by molar-refractivity contribution is 6.04. The van der Waals surface area contributed by atoms with Gasteiger partial charge < -0.3 is 23.7 Å². The molecule has 3 saturated carbocycles. The van der Waals surface area contributed by atoms with Gasteiger partial charge in [-0.05, 0) is 29.2 Å². The van der Waals surface area contributed by atoms with Crippen LogP contribution in [0.4, 0.5) is 0 Å². The minimum atomic E-state index is -1.55. The van der Waals surface area contributed by atoms with Crippen LogP contribution in [0.15, 0.2) is 48.5 Å². The van der Waals surface area contributed by atoms with Crippen LogP contribution < -0.4 is 0 Å². The van der Waals surface area contributed by atoms with Gasteiger partial charge >= 0.3 is 23.9 Å². The lowest BCUT2D eigenvalue weighted by Gasteiger charge is -2.99. The first-order chi connectivity index (χ1) is 19.7. The molecular formula is C32H32O9. The molecule has 0 bridgehead atoms. The van der Waals surface area contributed by atoms with Crippen molar-refractivity contribution in [3.05, 3.63) is 70.8 Å². The molecule has 0 spiro atoms. The van der Waals surface area contributed by atoms with Crippen molar-refractivity contribution in [2.75, 3.05) is 28.4 Å². The van der Waals surface area contributed by atoms with Crippen LogP contribution in [0, 0.1) is 22.2 Å². The topological polar surface area (TPSA) is 114 Å². The highest BCUT2D eigenvalue weighted by Crippen LogP contribution is 3.06. The molecule has 0 saturated heterocycles. The third-order valence-corrected chi connectivity index (χ3v) is 11.5. The van der Waals surface area contributed by atoms with Crippen molar-refractivity contribution in [3.8, 4) is 0 Å².